The lowest BCUT2D eigenvalue weighted by atomic mass is 10.1. The van der Waals surface area contributed by atoms with Crippen molar-refractivity contribution in [3.05, 3.63) is 64.4 Å². The molecule has 0 saturated heterocycles. The molecule has 1 aliphatic carbocycles. The number of rotatable bonds is 7. The van der Waals surface area contributed by atoms with Crippen molar-refractivity contribution in [2.75, 3.05) is 6.54 Å². The zero-order valence-corrected chi connectivity index (χ0v) is 17.2. The number of benzene rings is 2. The fraction of sp³-hybridized carbons (Fsp3) is 0.391. The van der Waals surface area contributed by atoms with Gasteiger partial charge in [0.1, 0.15) is 5.82 Å². The molecule has 1 amide bonds. The van der Waals surface area contributed by atoms with Crippen LogP contribution in [0.1, 0.15) is 47.9 Å². The van der Waals surface area contributed by atoms with E-state index in [0.717, 1.165) is 46.0 Å². The van der Waals surface area contributed by atoms with Gasteiger partial charge >= 0.3 is 0 Å². The van der Waals surface area contributed by atoms with Crippen LogP contribution in [0.4, 0.5) is 0 Å². The first-order chi connectivity index (χ1) is 13.6. The van der Waals surface area contributed by atoms with Crippen LogP contribution in [0.25, 0.3) is 11.0 Å². The third kappa shape index (κ3) is 3.93. The minimum Gasteiger partial charge on any atom is -0.331 e. The smallest absolute Gasteiger partial charge is 0.254 e. The van der Waals surface area contributed by atoms with Crippen LogP contribution < -0.4 is 0 Å². The van der Waals surface area contributed by atoms with E-state index < -0.39 is 0 Å². The Morgan fingerprint density at radius 2 is 2.04 bits per heavy atom. The first-order valence-corrected chi connectivity index (χ1v) is 10.4. The molecule has 2 aromatic carbocycles. The molecular weight excluding hydrogens is 370 g/mol. The van der Waals surface area contributed by atoms with Gasteiger partial charge in [0.25, 0.3) is 5.91 Å². The maximum absolute atomic E-state index is 13.2. The maximum atomic E-state index is 13.2. The Bertz CT molecular complexity index is 1010. The summed E-state index contributed by atoms with van der Waals surface area (Å²) in [5.41, 5.74) is 3.72. The first-order valence-electron chi connectivity index (χ1n) is 10.1. The van der Waals surface area contributed by atoms with Gasteiger partial charge in [0.05, 0.1) is 22.6 Å². The van der Waals surface area contributed by atoms with Crippen LogP contribution in [0.2, 0.25) is 5.02 Å². The molecule has 0 radical (unpaired) electrons. The summed E-state index contributed by atoms with van der Waals surface area (Å²) in [4.78, 5) is 19.9. The lowest BCUT2D eigenvalue weighted by molar-refractivity contribution is 0.0737. The standard InChI is InChI=1S/C23H26ClN3O/c1-3-12-26(23(28)18-7-4-6-16(2)13-18)15-21-25-20-9-5-8-19(24)22(20)27(21)14-17-10-11-17/h4-9,13,17H,3,10-12,14-15H2,1-2H3. The van der Waals surface area contributed by atoms with E-state index in [4.69, 9.17) is 16.6 Å². The third-order valence-electron chi connectivity index (χ3n) is 5.31. The molecule has 1 saturated carbocycles. The largest absolute Gasteiger partial charge is 0.331 e. The molecular formula is C23H26ClN3O. The van der Waals surface area contributed by atoms with Crippen LogP contribution in [0.3, 0.4) is 0 Å². The number of aromatic nitrogens is 2. The summed E-state index contributed by atoms with van der Waals surface area (Å²) < 4.78 is 2.24. The van der Waals surface area contributed by atoms with E-state index in [2.05, 4.69) is 11.5 Å². The highest BCUT2D eigenvalue weighted by atomic mass is 35.5. The van der Waals surface area contributed by atoms with Gasteiger partial charge in [-0.15, -0.1) is 0 Å². The van der Waals surface area contributed by atoms with Crippen molar-refractivity contribution in [1.29, 1.82) is 0 Å². The molecule has 3 aromatic rings. The Kier molecular flexibility index (Phi) is 5.40. The molecule has 0 spiro atoms. The second kappa shape index (κ2) is 7.96. The van der Waals surface area contributed by atoms with Gasteiger partial charge in [-0.1, -0.05) is 42.3 Å². The second-order valence-corrected chi connectivity index (χ2v) is 8.19. The van der Waals surface area contributed by atoms with Crippen LogP contribution in [-0.4, -0.2) is 26.9 Å². The van der Waals surface area contributed by atoms with E-state index in [9.17, 15) is 4.79 Å². The average molecular weight is 396 g/mol. The van der Waals surface area contributed by atoms with E-state index in [0.29, 0.717) is 19.0 Å². The number of hydrogen-bond donors (Lipinski definition) is 0. The number of fused-ring (bicyclic) bond motifs is 1. The maximum Gasteiger partial charge on any atom is 0.254 e. The Labute approximate surface area is 171 Å². The Hall–Kier alpha value is -2.33. The van der Waals surface area contributed by atoms with Gasteiger partial charge in [0, 0.05) is 18.7 Å². The predicted molar refractivity (Wildman–Crippen MR) is 114 cm³/mol. The molecule has 1 aromatic heterocycles. The molecule has 0 bridgehead atoms. The molecule has 146 valence electrons. The predicted octanol–water partition coefficient (Wildman–Crippen LogP) is 5.46. The summed E-state index contributed by atoms with van der Waals surface area (Å²) in [6.45, 7) is 6.23. The molecule has 4 nitrogen and oxygen atoms in total. The second-order valence-electron chi connectivity index (χ2n) is 7.79. The quantitative estimate of drug-likeness (QED) is 0.532. The summed E-state index contributed by atoms with van der Waals surface area (Å²) in [6.07, 6.45) is 3.41. The Morgan fingerprint density at radius 1 is 1.25 bits per heavy atom. The summed E-state index contributed by atoms with van der Waals surface area (Å²) in [5.74, 6) is 1.67. The number of amides is 1. The van der Waals surface area contributed by atoms with Crippen LogP contribution in [0.15, 0.2) is 42.5 Å². The van der Waals surface area contributed by atoms with Crippen molar-refractivity contribution in [3.8, 4) is 0 Å². The van der Waals surface area contributed by atoms with E-state index in [-0.39, 0.29) is 5.91 Å². The SMILES string of the molecule is CCCN(Cc1nc2cccc(Cl)c2n1CC1CC1)C(=O)c1cccc(C)c1. The number of nitrogens with zero attached hydrogens (tertiary/aromatic N) is 3. The van der Waals surface area contributed by atoms with Crippen LogP contribution in [-0.2, 0) is 13.1 Å². The number of halogens is 1. The highest BCUT2D eigenvalue weighted by Gasteiger charge is 2.26. The van der Waals surface area contributed by atoms with E-state index in [1.54, 1.807) is 0 Å². The van der Waals surface area contributed by atoms with Gasteiger partial charge in [-0.25, -0.2) is 4.98 Å². The molecule has 1 heterocycles. The molecule has 1 fully saturated rings. The molecule has 5 heteroatoms. The number of aryl methyl sites for hydroxylation is 1. The highest BCUT2D eigenvalue weighted by Crippen LogP contribution is 2.34. The number of para-hydroxylation sites is 1. The number of carbonyl (C=O) groups excluding carboxylic acids is 1. The van der Waals surface area contributed by atoms with Crippen molar-refractivity contribution in [2.24, 2.45) is 5.92 Å². The van der Waals surface area contributed by atoms with Crippen molar-refractivity contribution in [1.82, 2.24) is 14.5 Å². The molecule has 0 aliphatic heterocycles. The van der Waals surface area contributed by atoms with Gasteiger partial charge in [-0.3, -0.25) is 4.79 Å². The van der Waals surface area contributed by atoms with Crippen molar-refractivity contribution >= 4 is 28.5 Å². The minimum absolute atomic E-state index is 0.0571. The fourth-order valence-corrected chi connectivity index (χ4v) is 3.99. The van der Waals surface area contributed by atoms with Crippen LogP contribution in [0.5, 0.6) is 0 Å². The van der Waals surface area contributed by atoms with Crippen LogP contribution >= 0.6 is 11.6 Å². The monoisotopic (exact) mass is 395 g/mol. The first kappa shape index (κ1) is 19.0. The third-order valence-corrected chi connectivity index (χ3v) is 5.62. The van der Waals surface area contributed by atoms with Gasteiger partial charge in [-0.05, 0) is 56.4 Å². The van der Waals surface area contributed by atoms with E-state index >= 15 is 0 Å². The van der Waals surface area contributed by atoms with Crippen molar-refractivity contribution in [3.63, 3.8) is 0 Å². The number of carbonyl (C=O) groups is 1. The average Bonchev–Trinajstić information content (AvgIpc) is 3.42. The Balaban J connectivity index is 1.69. The van der Waals surface area contributed by atoms with Crippen LogP contribution in [0, 0.1) is 12.8 Å². The number of imidazole rings is 1. The lowest BCUT2D eigenvalue weighted by Crippen LogP contribution is -2.32. The van der Waals surface area contributed by atoms with E-state index in [1.165, 1.54) is 12.8 Å². The zero-order valence-electron chi connectivity index (χ0n) is 16.5. The van der Waals surface area contributed by atoms with Crippen molar-refractivity contribution < 1.29 is 4.79 Å². The normalized spacial score (nSPS) is 13.8. The Morgan fingerprint density at radius 3 is 2.75 bits per heavy atom. The van der Waals surface area contributed by atoms with E-state index in [1.807, 2.05) is 54.3 Å². The summed E-state index contributed by atoms with van der Waals surface area (Å²) >= 11 is 6.51. The van der Waals surface area contributed by atoms with Gasteiger partial charge in [-0.2, -0.15) is 0 Å². The van der Waals surface area contributed by atoms with Crippen molar-refractivity contribution in [2.45, 2.75) is 46.2 Å². The molecule has 4 rings (SSSR count). The lowest BCUT2D eigenvalue weighted by Gasteiger charge is -2.23. The van der Waals surface area contributed by atoms with Gasteiger partial charge in [0.15, 0.2) is 0 Å². The molecule has 0 N–H and O–H groups in total. The molecule has 0 unspecified atom stereocenters. The summed E-state index contributed by atoms with van der Waals surface area (Å²) in [7, 11) is 0. The zero-order chi connectivity index (χ0) is 19.7. The van der Waals surface area contributed by atoms with Gasteiger partial charge in [0.2, 0.25) is 0 Å². The van der Waals surface area contributed by atoms with Gasteiger partial charge < -0.3 is 9.47 Å². The highest BCUT2D eigenvalue weighted by molar-refractivity contribution is 6.35. The number of hydrogen-bond acceptors (Lipinski definition) is 2. The summed E-state index contributed by atoms with van der Waals surface area (Å²) in [5, 5.41) is 0.726. The fourth-order valence-electron chi connectivity index (χ4n) is 3.72. The molecule has 1 aliphatic rings. The topological polar surface area (TPSA) is 38.1 Å². The molecule has 0 atom stereocenters. The summed E-state index contributed by atoms with van der Waals surface area (Å²) in [6, 6.07) is 13.6. The molecule has 28 heavy (non-hydrogen) atoms. The minimum atomic E-state index is 0.0571.